The fourth-order valence-corrected chi connectivity index (χ4v) is 0.315. The Morgan fingerprint density at radius 3 is 2.78 bits per heavy atom. The molecule has 0 radical (unpaired) electrons. The van der Waals surface area contributed by atoms with Gasteiger partial charge in [-0.15, -0.1) is 0 Å². The van der Waals surface area contributed by atoms with Crippen LogP contribution in [-0.4, -0.2) is 19.0 Å². The molecule has 0 spiro atoms. The Morgan fingerprint density at radius 1 is 1.78 bits per heavy atom. The van der Waals surface area contributed by atoms with Gasteiger partial charge in [0.2, 0.25) is 0 Å². The van der Waals surface area contributed by atoms with Gasteiger partial charge in [0.25, 0.3) is 0 Å². The second-order valence-electron chi connectivity index (χ2n) is 1.36. The molecule has 0 bridgehead atoms. The summed E-state index contributed by atoms with van der Waals surface area (Å²) in [5, 5.41) is 3.30. The summed E-state index contributed by atoms with van der Waals surface area (Å²) in [6.45, 7) is 2.84. The zero-order valence-corrected chi connectivity index (χ0v) is 5.42. The Balaban J connectivity index is 3.33. The van der Waals surface area contributed by atoms with Crippen molar-refractivity contribution in [3.63, 3.8) is 0 Å². The largest absolute Gasteiger partial charge is 0.374 e. The molecule has 9 heavy (non-hydrogen) atoms. The zero-order valence-electron chi connectivity index (χ0n) is 5.42. The van der Waals surface area contributed by atoms with Gasteiger partial charge in [-0.1, -0.05) is 0 Å². The number of nitrogens with zero attached hydrogens (tertiary/aromatic N) is 1. The molecule has 0 saturated heterocycles. The molecule has 0 heterocycles. The number of nitrogens with two attached hydrogens (primary N) is 2. The highest BCUT2D eigenvalue weighted by atomic mass is 16.5. The zero-order chi connectivity index (χ0) is 7.11. The molecule has 0 aliphatic carbocycles. The summed E-state index contributed by atoms with van der Waals surface area (Å²) in [4.78, 5) is 0. The lowest BCUT2D eigenvalue weighted by Gasteiger charge is -2.01. The number of ether oxygens (including phenoxy) is 1. The van der Waals surface area contributed by atoms with E-state index in [4.69, 9.17) is 16.4 Å². The average molecular weight is 132 g/mol. The number of rotatable bonds is 3. The van der Waals surface area contributed by atoms with Crippen LogP contribution in [0.3, 0.4) is 0 Å². The van der Waals surface area contributed by atoms with Crippen LogP contribution in [0, 0.1) is 0 Å². The van der Waals surface area contributed by atoms with E-state index in [1.807, 2.05) is 6.92 Å². The lowest BCUT2D eigenvalue weighted by Crippen LogP contribution is -2.34. The lowest BCUT2D eigenvalue weighted by atomic mass is 10.6. The summed E-state index contributed by atoms with van der Waals surface area (Å²) in [6.07, 6.45) is 0. The van der Waals surface area contributed by atoms with Crippen molar-refractivity contribution in [3.05, 3.63) is 0 Å². The number of amidine groups is 1. The second kappa shape index (κ2) is 5.33. The molecule has 0 aromatic carbocycles. The van der Waals surface area contributed by atoms with Gasteiger partial charge < -0.3 is 16.0 Å². The van der Waals surface area contributed by atoms with Gasteiger partial charge in [0.1, 0.15) is 6.61 Å². The standard InChI is InChI=1S/C4H12N4O/c1-2-9-3-4(7-5)8-6/h2-3,5-6H2,1H3,(H,7,8). The van der Waals surface area contributed by atoms with Gasteiger partial charge in [0, 0.05) is 6.61 Å². The minimum Gasteiger partial charge on any atom is -0.374 e. The quantitative estimate of drug-likeness (QED) is 0.194. The molecule has 0 aromatic rings. The van der Waals surface area contributed by atoms with Crippen LogP contribution in [0.5, 0.6) is 0 Å². The average Bonchev–Trinajstić information content (AvgIpc) is 1.91. The Morgan fingerprint density at radius 2 is 2.44 bits per heavy atom. The number of hydrazine groups is 1. The molecule has 5 heteroatoms. The van der Waals surface area contributed by atoms with Gasteiger partial charge in [-0.25, -0.2) is 5.84 Å². The maximum atomic E-state index is 4.98. The molecule has 0 fully saturated rings. The molecule has 5 nitrogen and oxygen atoms in total. The topological polar surface area (TPSA) is 85.7 Å². The Bertz CT molecular complexity index is 92.6. The van der Waals surface area contributed by atoms with Crippen molar-refractivity contribution < 1.29 is 4.74 Å². The Kier molecular flexibility index (Phi) is 4.85. The molecule has 0 unspecified atom stereocenters. The van der Waals surface area contributed by atoms with E-state index in [9.17, 15) is 0 Å². The van der Waals surface area contributed by atoms with Crippen molar-refractivity contribution in [2.24, 2.45) is 16.8 Å². The van der Waals surface area contributed by atoms with Gasteiger partial charge in [-0.3, -0.25) is 0 Å². The number of hydrogen-bond donors (Lipinski definition) is 3. The first-order valence-corrected chi connectivity index (χ1v) is 2.66. The summed E-state index contributed by atoms with van der Waals surface area (Å²) < 4.78 is 4.92. The highest BCUT2D eigenvalue weighted by Gasteiger charge is 1.91. The van der Waals surface area contributed by atoms with Crippen molar-refractivity contribution in [2.75, 3.05) is 13.2 Å². The first-order chi connectivity index (χ1) is 4.35. The maximum absolute atomic E-state index is 4.98. The molecule has 0 rings (SSSR count). The van der Waals surface area contributed by atoms with E-state index in [2.05, 4.69) is 10.5 Å². The predicted octanol–water partition coefficient (Wildman–Crippen LogP) is -1.24. The van der Waals surface area contributed by atoms with Crippen molar-refractivity contribution in [2.45, 2.75) is 6.92 Å². The molecular formula is C4H12N4O. The molecule has 0 atom stereocenters. The van der Waals surface area contributed by atoms with E-state index in [-0.39, 0.29) is 0 Å². The fraction of sp³-hybridized carbons (Fsp3) is 0.750. The highest BCUT2D eigenvalue weighted by Crippen LogP contribution is 1.72. The van der Waals surface area contributed by atoms with Gasteiger partial charge in [-0.05, 0) is 6.92 Å². The van der Waals surface area contributed by atoms with E-state index in [1.54, 1.807) is 0 Å². The van der Waals surface area contributed by atoms with Crippen LogP contribution in [0.2, 0.25) is 0 Å². The third kappa shape index (κ3) is 3.75. The molecule has 0 amide bonds. The van der Waals surface area contributed by atoms with E-state index < -0.39 is 0 Å². The van der Waals surface area contributed by atoms with Gasteiger partial charge in [0.05, 0.1) is 0 Å². The SMILES string of the molecule is CCOC/C(=N\N)NN. The van der Waals surface area contributed by atoms with Crippen molar-refractivity contribution >= 4 is 5.84 Å². The Hall–Kier alpha value is -0.810. The number of hydrogen-bond acceptors (Lipinski definition) is 4. The van der Waals surface area contributed by atoms with E-state index >= 15 is 0 Å². The highest BCUT2D eigenvalue weighted by molar-refractivity contribution is 5.82. The maximum Gasteiger partial charge on any atom is 0.161 e. The summed E-state index contributed by atoms with van der Waals surface area (Å²) in [5.74, 6) is 10.3. The summed E-state index contributed by atoms with van der Waals surface area (Å²) in [5.41, 5.74) is 2.29. The third-order valence-corrected chi connectivity index (χ3v) is 0.765. The Labute approximate surface area is 54.0 Å². The minimum atomic E-state index is 0.337. The summed E-state index contributed by atoms with van der Waals surface area (Å²) in [6, 6.07) is 0. The first-order valence-electron chi connectivity index (χ1n) is 2.66. The lowest BCUT2D eigenvalue weighted by molar-refractivity contribution is 0.185. The van der Waals surface area contributed by atoms with Crippen molar-refractivity contribution in [1.82, 2.24) is 5.43 Å². The van der Waals surface area contributed by atoms with Crippen LogP contribution in [0.15, 0.2) is 5.10 Å². The van der Waals surface area contributed by atoms with Gasteiger partial charge in [0.15, 0.2) is 5.84 Å². The van der Waals surface area contributed by atoms with Crippen LogP contribution < -0.4 is 17.1 Å². The van der Waals surface area contributed by atoms with Crippen LogP contribution >= 0.6 is 0 Å². The predicted molar refractivity (Wildman–Crippen MR) is 35.4 cm³/mol. The van der Waals surface area contributed by atoms with Crippen LogP contribution in [-0.2, 0) is 4.74 Å². The number of nitrogens with one attached hydrogen (secondary N) is 1. The van der Waals surface area contributed by atoms with Crippen molar-refractivity contribution in [1.29, 1.82) is 0 Å². The normalized spacial score (nSPS) is 11.6. The minimum absolute atomic E-state index is 0.337. The van der Waals surface area contributed by atoms with Gasteiger partial charge in [-0.2, -0.15) is 5.10 Å². The molecule has 0 aliphatic heterocycles. The third-order valence-electron chi connectivity index (χ3n) is 0.765. The molecular weight excluding hydrogens is 120 g/mol. The smallest absolute Gasteiger partial charge is 0.161 e. The molecule has 0 saturated carbocycles. The monoisotopic (exact) mass is 132 g/mol. The number of hydrazone groups is 1. The van der Waals surface area contributed by atoms with Crippen LogP contribution in [0.25, 0.3) is 0 Å². The van der Waals surface area contributed by atoms with E-state index in [1.165, 1.54) is 0 Å². The molecule has 54 valence electrons. The second-order valence-corrected chi connectivity index (χ2v) is 1.36. The first kappa shape index (κ1) is 8.19. The molecule has 0 aliphatic rings. The van der Waals surface area contributed by atoms with Gasteiger partial charge >= 0.3 is 0 Å². The molecule has 0 aromatic heterocycles. The summed E-state index contributed by atoms with van der Waals surface area (Å²) >= 11 is 0. The molecule has 5 N–H and O–H groups in total. The van der Waals surface area contributed by atoms with Crippen LogP contribution in [0.4, 0.5) is 0 Å². The van der Waals surface area contributed by atoms with Crippen molar-refractivity contribution in [3.8, 4) is 0 Å². The van der Waals surface area contributed by atoms with E-state index in [0.29, 0.717) is 19.0 Å². The fourth-order valence-electron chi connectivity index (χ4n) is 0.315. The van der Waals surface area contributed by atoms with E-state index in [0.717, 1.165) is 0 Å². The summed E-state index contributed by atoms with van der Waals surface area (Å²) in [7, 11) is 0. The van der Waals surface area contributed by atoms with Crippen LogP contribution in [0.1, 0.15) is 6.92 Å².